The van der Waals surface area contributed by atoms with Crippen LogP contribution in [0, 0.1) is 5.92 Å². The molecule has 1 amide bonds. The highest BCUT2D eigenvalue weighted by atomic mass is 16.6. The Hall–Kier alpha value is -1.59. The normalized spacial score (nSPS) is 18.3. The Kier molecular flexibility index (Phi) is 6.86. The fraction of sp³-hybridized carbons (Fsp3) is 0.611. The zero-order valence-corrected chi connectivity index (χ0v) is 14.3. The maximum absolute atomic E-state index is 12.4. The molecule has 1 unspecified atom stereocenters. The minimum Gasteiger partial charge on any atom is -0.445 e. The monoisotopic (exact) mass is 319 g/mol. The second-order valence-electron chi connectivity index (χ2n) is 6.53. The maximum atomic E-state index is 12.4. The van der Waals surface area contributed by atoms with Crippen molar-refractivity contribution in [1.29, 1.82) is 0 Å². The molecule has 0 saturated carbocycles. The second-order valence-corrected chi connectivity index (χ2v) is 6.53. The second kappa shape index (κ2) is 8.89. The molecule has 1 saturated heterocycles. The fourth-order valence-corrected chi connectivity index (χ4v) is 3.02. The van der Waals surface area contributed by atoms with Gasteiger partial charge in [0.25, 0.3) is 0 Å². The summed E-state index contributed by atoms with van der Waals surface area (Å²) in [5, 5.41) is 0. The van der Waals surface area contributed by atoms with Crippen LogP contribution in [0.1, 0.15) is 25.8 Å². The largest absolute Gasteiger partial charge is 0.445 e. The van der Waals surface area contributed by atoms with Crippen molar-refractivity contribution in [2.45, 2.75) is 32.9 Å². The molecule has 0 aliphatic carbocycles. The number of hydrogen-bond acceptors (Lipinski definition) is 4. The molecular formula is C18H29N3O2. The summed E-state index contributed by atoms with van der Waals surface area (Å²) >= 11 is 0. The molecule has 1 aromatic rings. The van der Waals surface area contributed by atoms with E-state index in [2.05, 4.69) is 4.90 Å². The summed E-state index contributed by atoms with van der Waals surface area (Å²) in [7, 11) is 0. The van der Waals surface area contributed by atoms with E-state index < -0.39 is 0 Å². The summed E-state index contributed by atoms with van der Waals surface area (Å²) in [6.07, 6.45) is 0.899. The smallest absolute Gasteiger partial charge is 0.410 e. The van der Waals surface area contributed by atoms with Crippen molar-refractivity contribution in [2.24, 2.45) is 11.7 Å². The lowest BCUT2D eigenvalue weighted by molar-refractivity contribution is 0.0794. The third-order valence-electron chi connectivity index (χ3n) is 4.33. The average Bonchev–Trinajstić information content (AvgIpc) is 2.99. The van der Waals surface area contributed by atoms with Crippen molar-refractivity contribution in [3.63, 3.8) is 0 Å². The number of rotatable bonds is 7. The molecule has 5 heteroatoms. The first kappa shape index (κ1) is 17.8. The summed E-state index contributed by atoms with van der Waals surface area (Å²) in [4.78, 5) is 16.6. The highest BCUT2D eigenvalue weighted by molar-refractivity contribution is 5.68. The van der Waals surface area contributed by atoms with Gasteiger partial charge in [-0.3, -0.25) is 0 Å². The third-order valence-corrected chi connectivity index (χ3v) is 4.33. The lowest BCUT2D eigenvalue weighted by atomic mass is 10.1. The maximum Gasteiger partial charge on any atom is 0.410 e. The van der Waals surface area contributed by atoms with Crippen molar-refractivity contribution in [3.8, 4) is 0 Å². The van der Waals surface area contributed by atoms with E-state index in [0.717, 1.165) is 38.2 Å². The van der Waals surface area contributed by atoms with Crippen LogP contribution in [0.3, 0.4) is 0 Å². The number of hydrogen-bond donors (Lipinski definition) is 1. The number of likely N-dealkylation sites (tertiary alicyclic amines) is 1. The molecule has 1 heterocycles. The molecule has 1 aliphatic heterocycles. The van der Waals surface area contributed by atoms with Gasteiger partial charge in [-0.2, -0.15) is 0 Å². The van der Waals surface area contributed by atoms with Crippen molar-refractivity contribution in [3.05, 3.63) is 35.9 Å². The van der Waals surface area contributed by atoms with E-state index in [0.29, 0.717) is 19.1 Å². The zero-order valence-electron chi connectivity index (χ0n) is 14.3. The number of nitrogens with two attached hydrogens (primary N) is 1. The molecule has 1 aliphatic rings. The number of nitrogens with zero attached hydrogens (tertiary/aromatic N) is 2. The molecular weight excluding hydrogens is 290 g/mol. The molecule has 128 valence electrons. The molecule has 1 atom stereocenters. The Morgan fingerprint density at radius 2 is 2.13 bits per heavy atom. The predicted molar refractivity (Wildman–Crippen MR) is 92.1 cm³/mol. The Bertz CT molecular complexity index is 478. The van der Waals surface area contributed by atoms with Gasteiger partial charge in [-0.15, -0.1) is 0 Å². The van der Waals surface area contributed by atoms with Crippen molar-refractivity contribution in [1.82, 2.24) is 9.80 Å². The SMILES string of the molecule is CC(C)N(CC1CCN(CCN)C1)C(=O)OCc1ccccc1. The van der Waals surface area contributed by atoms with Crippen molar-refractivity contribution < 1.29 is 9.53 Å². The van der Waals surface area contributed by atoms with Gasteiger partial charge >= 0.3 is 6.09 Å². The highest BCUT2D eigenvalue weighted by Crippen LogP contribution is 2.19. The van der Waals surface area contributed by atoms with Gasteiger partial charge < -0.3 is 20.3 Å². The third kappa shape index (κ3) is 5.52. The molecule has 0 bridgehead atoms. The van der Waals surface area contributed by atoms with E-state index in [9.17, 15) is 4.79 Å². The van der Waals surface area contributed by atoms with Crippen LogP contribution in [0.25, 0.3) is 0 Å². The van der Waals surface area contributed by atoms with Crippen LogP contribution in [0.2, 0.25) is 0 Å². The minimum absolute atomic E-state index is 0.141. The van der Waals surface area contributed by atoms with E-state index in [4.69, 9.17) is 10.5 Å². The number of carbonyl (C=O) groups excluding carboxylic acids is 1. The Morgan fingerprint density at radius 1 is 1.39 bits per heavy atom. The minimum atomic E-state index is -0.221. The summed E-state index contributed by atoms with van der Waals surface area (Å²) in [6, 6.07) is 9.94. The van der Waals surface area contributed by atoms with Gasteiger partial charge in [0.15, 0.2) is 0 Å². The van der Waals surface area contributed by atoms with Gasteiger partial charge in [-0.25, -0.2) is 4.79 Å². The zero-order chi connectivity index (χ0) is 16.7. The van der Waals surface area contributed by atoms with Gasteiger partial charge in [0.2, 0.25) is 0 Å². The van der Waals surface area contributed by atoms with Gasteiger partial charge in [0, 0.05) is 32.2 Å². The summed E-state index contributed by atoms with van der Waals surface area (Å²) in [5.41, 5.74) is 6.63. The first-order chi connectivity index (χ1) is 11.1. The van der Waals surface area contributed by atoms with Gasteiger partial charge in [0.05, 0.1) is 0 Å². The quantitative estimate of drug-likeness (QED) is 0.838. The van der Waals surface area contributed by atoms with Crippen LogP contribution < -0.4 is 5.73 Å². The first-order valence-corrected chi connectivity index (χ1v) is 8.50. The Labute approximate surface area is 139 Å². The summed E-state index contributed by atoms with van der Waals surface area (Å²) in [6.45, 7) is 8.89. The van der Waals surface area contributed by atoms with Crippen molar-refractivity contribution in [2.75, 3.05) is 32.7 Å². The molecule has 0 radical (unpaired) electrons. The number of ether oxygens (including phenoxy) is 1. The molecule has 1 aromatic carbocycles. The van der Waals surface area contributed by atoms with E-state index in [1.54, 1.807) is 0 Å². The molecule has 23 heavy (non-hydrogen) atoms. The van der Waals surface area contributed by atoms with Crippen LogP contribution in [-0.2, 0) is 11.3 Å². The van der Waals surface area contributed by atoms with E-state index in [1.165, 1.54) is 0 Å². The lowest BCUT2D eigenvalue weighted by Gasteiger charge is -2.28. The van der Waals surface area contributed by atoms with E-state index in [-0.39, 0.29) is 12.1 Å². The lowest BCUT2D eigenvalue weighted by Crippen LogP contribution is -2.41. The standard InChI is InChI=1S/C18H29N3O2/c1-15(2)21(13-17-8-10-20(12-17)11-9-19)18(22)23-14-16-6-4-3-5-7-16/h3-7,15,17H,8-14,19H2,1-2H3. The molecule has 0 spiro atoms. The average molecular weight is 319 g/mol. The van der Waals surface area contributed by atoms with Gasteiger partial charge in [-0.1, -0.05) is 30.3 Å². The summed E-state index contributed by atoms with van der Waals surface area (Å²) < 4.78 is 5.49. The van der Waals surface area contributed by atoms with E-state index >= 15 is 0 Å². The van der Waals surface area contributed by atoms with Crippen LogP contribution in [0.15, 0.2) is 30.3 Å². The predicted octanol–water partition coefficient (Wildman–Crippen LogP) is 2.31. The van der Waals surface area contributed by atoms with Crippen LogP contribution in [0.4, 0.5) is 4.79 Å². The van der Waals surface area contributed by atoms with Crippen LogP contribution in [0.5, 0.6) is 0 Å². The van der Waals surface area contributed by atoms with Gasteiger partial charge in [-0.05, 0) is 38.3 Å². The van der Waals surface area contributed by atoms with Gasteiger partial charge in [0.1, 0.15) is 6.61 Å². The molecule has 1 fully saturated rings. The Balaban J connectivity index is 1.84. The van der Waals surface area contributed by atoms with Crippen molar-refractivity contribution >= 4 is 6.09 Å². The number of carbonyl (C=O) groups is 1. The molecule has 0 aromatic heterocycles. The first-order valence-electron chi connectivity index (χ1n) is 8.50. The number of amides is 1. The summed E-state index contributed by atoms with van der Waals surface area (Å²) in [5.74, 6) is 0.508. The molecule has 2 N–H and O–H groups in total. The highest BCUT2D eigenvalue weighted by Gasteiger charge is 2.27. The topological polar surface area (TPSA) is 58.8 Å². The van der Waals surface area contributed by atoms with E-state index in [1.807, 2.05) is 49.1 Å². The molecule has 2 rings (SSSR count). The molecule has 5 nitrogen and oxygen atoms in total. The number of benzene rings is 1. The fourth-order valence-electron chi connectivity index (χ4n) is 3.02. The van der Waals surface area contributed by atoms with Crippen LogP contribution in [-0.4, -0.2) is 54.7 Å². The Morgan fingerprint density at radius 3 is 2.78 bits per heavy atom. The van der Waals surface area contributed by atoms with Crippen LogP contribution >= 0.6 is 0 Å².